The highest BCUT2D eigenvalue weighted by Crippen LogP contribution is 1.82. The summed E-state index contributed by atoms with van der Waals surface area (Å²) in [6, 6.07) is 7.38. The van der Waals surface area contributed by atoms with Gasteiger partial charge in [0, 0.05) is 5.22 Å². The SMILES string of the molecule is C=C/C(O)=c1/ccccc1=C. The van der Waals surface area contributed by atoms with E-state index in [0.717, 1.165) is 10.4 Å². The highest BCUT2D eigenvalue weighted by molar-refractivity contribution is 5.46. The lowest BCUT2D eigenvalue weighted by Gasteiger charge is -1.90. The minimum Gasteiger partial charge on any atom is -0.507 e. The fraction of sp³-hybridized carbons (Fsp3) is 0. The Kier molecular flexibility index (Phi) is 2.12. The quantitative estimate of drug-likeness (QED) is 0.625. The van der Waals surface area contributed by atoms with Gasteiger partial charge in [0.2, 0.25) is 0 Å². The summed E-state index contributed by atoms with van der Waals surface area (Å²) >= 11 is 0. The maximum Gasteiger partial charge on any atom is 0.122 e. The largest absolute Gasteiger partial charge is 0.507 e. The predicted octanol–water partition coefficient (Wildman–Crippen LogP) is 0.949. The summed E-state index contributed by atoms with van der Waals surface area (Å²) in [5.74, 6) is 0.176. The van der Waals surface area contributed by atoms with E-state index in [9.17, 15) is 5.11 Å². The Hall–Kier alpha value is -1.50. The van der Waals surface area contributed by atoms with Crippen molar-refractivity contribution in [2.75, 3.05) is 0 Å². The molecule has 0 saturated heterocycles. The number of hydrogen-bond acceptors (Lipinski definition) is 1. The molecule has 1 aromatic rings. The van der Waals surface area contributed by atoms with Gasteiger partial charge in [0.15, 0.2) is 0 Å². The van der Waals surface area contributed by atoms with E-state index >= 15 is 0 Å². The summed E-state index contributed by atoms with van der Waals surface area (Å²) in [6.07, 6.45) is 1.41. The van der Waals surface area contributed by atoms with Gasteiger partial charge in [0.25, 0.3) is 0 Å². The summed E-state index contributed by atoms with van der Waals surface area (Å²) < 4.78 is 0. The Morgan fingerprint density at radius 2 is 2.00 bits per heavy atom. The van der Waals surface area contributed by atoms with Crippen molar-refractivity contribution >= 4 is 12.3 Å². The molecule has 0 radical (unpaired) electrons. The lowest BCUT2D eigenvalue weighted by molar-refractivity contribution is 0.511. The van der Waals surface area contributed by atoms with E-state index in [1.807, 2.05) is 18.2 Å². The van der Waals surface area contributed by atoms with Crippen molar-refractivity contribution in [2.45, 2.75) is 0 Å². The van der Waals surface area contributed by atoms with Crippen LogP contribution in [0.2, 0.25) is 0 Å². The maximum atomic E-state index is 9.27. The predicted molar refractivity (Wildman–Crippen MR) is 47.4 cm³/mol. The number of aliphatic hydroxyl groups is 1. The van der Waals surface area contributed by atoms with E-state index in [1.54, 1.807) is 6.07 Å². The first-order valence-corrected chi connectivity index (χ1v) is 3.35. The molecular weight excluding hydrogens is 136 g/mol. The smallest absolute Gasteiger partial charge is 0.122 e. The van der Waals surface area contributed by atoms with Crippen molar-refractivity contribution in [2.24, 2.45) is 0 Å². The highest BCUT2D eigenvalue weighted by Gasteiger charge is 1.86. The monoisotopic (exact) mass is 146 g/mol. The lowest BCUT2D eigenvalue weighted by atomic mass is 10.2. The number of benzene rings is 1. The van der Waals surface area contributed by atoms with Crippen LogP contribution in [0.5, 0.6) is 0 Å². The Morgan fingerprint density at radius 1 is 1.36 bits per heavy atom. The minimum absolute atomic E-state index is 0.176. The summed E-state index contributed by atoms with van der Waals surface area (Å²) in [4.78, 5) is 0. The van der Waals surface area contributed by atoms with Crippen LogP contribution < -0.4 is 10.4 Å². The summed E-state index contributed by atoms with van der Waals surface area (Å²) in [5, 5.41) is 10.8. The van der Waals surface area contributed by atoms with E-state index in [0.29, 0.717) is 0 Å². The van der Waals surface area contributed by atoms with Crippen LogP contribution in [0, 0.1) is 0 Å². The molecule has 56 valence electrons. The van der Waals surface area contributed by atoms with E-state index in [1.165, 1.54) is 6.08 Å². The molecule has 0 bridgehead atoms. The third-order valence-corrected chi connectivity index (χ3v) is 1.49. The maximum absolute atomic E-state index is 9.27. The van der Waals surface area contributed by atoms with Gasteiger partial charge in [-0.1, -0.05) is 37.4 Å². The van der Waals surface area contributed by atoms with Gasteiger partial charge in [0.05, 0.1) is 0 Å². The van der Waals surface area contributed by atoms with Crippen LogP contribution >= 0.6 is 0 Å². The van der Waals surface area contributed by atoms with E-state index in [2.05, 4.69) is 13.2 Å². The lowest BCUT2D eigenvalue weighted by Crippen LogP contribution is -2.24. The molecule has 0 spiro atoms. The van der Waals surface area contributed by atoms with Crippen molar-refractivity contribution in [1.29, 1.82) is 0 Å². The highest BCUT2D eigenvalue weighted by atomic mass is 16.3. The van der Waals surface area contributed by atoms with Crippen molar-refractivity contribution in [3.8, 4) is 0 Å². The molecule has 0 fully saturated rings. The topological polar surface area (TPSA) is 20.2 Å². The van der Waals surface area contributed by atoms with Gasteiger partial charge in [0.1, 0.15) is 5.76 Å². The summed E-state index contributed by atoms with van der Waals surface area (Å²) in [5.41, 5.74) is 0. The first-order valence-electron chi connectivity index (χ1n) is 3.35. The van der Waals surface area contributed by atoms with Crippen molar-refractivity contribution in [1.82, 2.24) is 0 Å². The number of aliphatic hydroxyl groups excluding tert-OH is 1. The Bertz CT molecular complexity index is 363. The summed E-state index contributed by atoms with van der Waals surface area (Å²) in [7, 11) is 0. The van der Waals surface area contributed by atoms with E-state index < -0.39 is 0 Å². The zero-order chi connectivity index (χ0) is 8.27. The fourth-order valence-electron chi connectivity index (χ4n) is 0.880. The van der Waals surface area contributed by atoms with Crippen molar-refractivity contribution in [3.63, 3.8) is 0 Å². The van der Waals surface area contributed by atoms with Crippen molar-refractivity contribution in [3.05, 3.63) is 47.4 Å². The van der Waals surface area contributed by atoms with Crippen LogP contribution in [0.25, 0.3) is 12.3 Å². The molecule has 0 atom stereocenters. The average Bonchev–Trinajstić information content (AvgIpc) is 2.04. The molecule has 1 heteroatoms. The van der Waals surface area contributed by atoms with Crippen LogP contribution in [0.15, 0.2) is 36.9 Å². The van der Waals surface area contributed by atoms with Gasteiger partial charge in [-0.2, -0.15) is 0 Å². The van der Waals surface area contributed by atoms with Gasteiger partial charge in [-0.25, -0.2) is 0 Å². The molecule has 1 N–H and O–H groups in total. The van der Waals surface area contributed by atoms with Gasteiger partial charge in [-0.05, 0) is 11.3 Å². The number of hydrogen-bond donors (Lipinski definition) is 1. The fourth-order valence-corrected chi connectivity index (χ4v) is 0.880. The van der Waals surface area contributed by atoms with Gasteiger partial charge >= 0.3 is 0 Å². The third-order valence-electron chi connectivity index (χ3n) is 1.49. The van der Waals surface area contributed by atoms with Crippen LogP contribution in [0.1, 0.15) is 0 Å². The van der Waals surface area contributed by atoms with Gasteiger partial charge < -0.3 is 5.11 Å². The molecule has 0 amide bonds. The molecule has 11 heavy (non-hydrogen) atoms. The molecule has 0 aromatic heterocycles. The standard InChI is InChI=1S/C10H10O/c1-3-10(11)9-7-5-4-6-8(9)2/h3-7,11H,1-2H2/b10-9+. The van der Waals surface area contributed by atoms with Crippen LogP contribution in [-0.2, 0) is 0 Å². The molecule has 0 aliphatic carbocycles. The second-order valence-corrected chi connectivity index (χ2v) is 2.25. The Labute approximate surface area is 65.6 Å². The molecule has 0 aliphatic rings. The Balaban J connectivity index is 3.59. The van der Waals surface area contributed by atoms with Crippen LogP contribution in [0.4, 0.5) is 0 Å². The zero-order valence-corrected chi connectivity index (χ0v) is 6.25. The first kappa shape index (κ1) is 7.61. The molecule has 1 nitrogen and oxygen atoms in total. The second kappa shape index (κ2) is 3.06. The minimum atomic E-state index is 0.176. The van der Waals surface area contributed by atoms with E-state index in [-0.39, 0.29) is 5.76 Å². The Morgan fingerprint density at radius 3 is 2.55 bits per heavy atom. The van der Waals surface area contributed by atoms with Crippen LogP contribution in [-0.4, -0.2) is 5.11 Å². The molecule has 0 aliphatic heterocycles. The first-order chi connectivity index (χ1) is 5.25. The molecular formula is C10H10O. The zero-order valence-electron chi connectivity index (χ0n) is 6.25. The second-order valence-electron chi connectivity index (χ2n) is 2.25. The van der Waals surface area contributed by atoms with E-state index in [4.69, 9.17) is 0 Å². The molecule has 0 saturated carbocycles. The molecule has 0 heterocycles. The average molecular weight is 146 g/mol. The molecule has 0 unspecified atom stereocenters. The van der Waals surface area contributed by atoms with Gasteiger partial charge in [-0.3, -0.25) is 0 Å². The third kappa shape index (κ3) is 1.49. The molecule has 1 rings (SSSR count). The van der Waals surface area contributed by atoms with Gasteiger partial charge in [-0.15, -0.1) is 0 Å². The molecule has 1 aromatic carbocycles. The summed E-state index contributed by atoms with van der Waals surface area (Å²) in [6.45, 7) is 7.22. The van der Waals surface area contributed by atoms with Crippen LogP contribution in [0.3, 0.4) is 0 Å². The number of rotatable bonds is 1. The normalized spacial score (nSPS) is 12.4. The van der Waals surface area contributed by atoms with Crippen molar-refractivity contribution < 1.29 is 5.11 Å².